The van der Waals surface area contributed by atoms with Crippen LogP contribution in [0.25, 0.3) is 0 Å². The fourth-order valence-corrected chi connectivity index (χ4v) is 5.10. The van der Waals surface area contributed by atoms with Crippen LogP contribution in [0.3, 0.4) is 0 Å². The molecule has 0 aromatic heterocycles. The van der Waals surface area contributed by atoms with Crippen molar-refractivity contribution in [2.45, 2.75) is 76.3 Å². The number of hydrogen-bond acceptors (Lipinski definition) is 4. The first-order valence-electron chi connectivity index (χ1n) is 11.5. The van der Waals surface area contributed by atoms with Gasteiger partial charge in [-0.3, -0.25) is 9.59 Å². The Hall–Kier alpha value is -1.53. The maximum absolute atomic E-state index is 12.9. The fraction of sp³-hybridized carbons (Fsp3) is 0.667. The lowest BCUT2D eigenvalue weighted by atomic mass is 9.94. The Morgan fingerprint density at radius 1 is 1.17 bits per heavy atom. The molecule has 1 fully saturated rings. The number of likely N-dealkylation sites (N-methyl/N-ethyl adjacent to an activating group) is 1. The van der Waals surface area contributed by atoms with Gasteiger partial charge in [0.05, 0.1) is 11.3 Å². The van der Waals surface area contributed by atoms with Gasteiger partial charge < -0.3 is 15.1 Å². The van der Waals surface area contributed by atoms with Gasteiger partial charge in [-0.15, -0.1) is 11.8 Å². The van der Waals surface area contributed by atoms with Crippen molar-refractivity contribution < 1.29 is 9.59 Å². The number of rotatable bonds is 11. The standard InChI is InChI=1S/C24H39N3O2S/c1-5-16-27(6-2)17-19(3)25-24(29)21-14-10-11-15-22(21)30-18-23(28)26(4)20-12-8-7-9-13-20/h10-11,14-15,19-20H,5-9,12-13,16-18H2,1-4H3,(H,25,29)/t19-/m1/s1. The third-order valence-electron chi connectivity index (χ3n) is 5.90. The molecule has 0 bridgehead atoms. The number of amides is 2. The Morgan fingerprint density at radius 2 is 1.87 bits per heavy atom. The summed E-state index contributed by atoms with van der Waals surface area (Å²) in [5.41, 5.74) is 0.654. The second-order valence-corrected chi connectivity index (χ2v) is 9.37. The summed E-state index contributed by atoms with van der Waals surface area (Å²) in [4.78, 5) is 30.7. The number of thioether (sulfide) groups is 1. The van der Waals surface area contributed by atoms with E-state index in [1.54, 1.807) is 0 Å². The van der Waals surface area contributed by atoms with E-state index >= 15 is 0 Å². The molecule has 1 aliphatic rings. The predicted octanol–water partition coefficient (Wildman–Crippen LogP) is 4.42. The molecule has 0 unspecified atom stereocenters. The van der Waals surface area contributed by atoms with Crippen molar-refractivity contribution in [3.8, 4) is 0 Å². The summed E-state index contributed by atoms with van der Waals surface area (Å²) in [6.07, 6.45) is 7.03. The van der Waals surface area contributed by atoms with E-state index in [0.29, 0.717) is 17.4 Å². The number of carbonyl (C=O) groups excluding carboxylic acids is 2. The van der Waals surface area contributed by atoms with E-state index in [1.807, 2.05) is 36.2 Å². The molecule has 1 aromatic rings. The normalized spacial score (nSPS) is 15.8. The molecule has 1 N–H and O–H groups in total. The molecule has 0 spiro atoms. The van der Waals surface area contributed by atoms with Crippen LogP contribution in [0.15, 0.2) is 29.2 Å². The second-order valence-electron chi connectivity index (χ2n) is 8.35. The van der Waals surface area contributed by atoms with Crippen molar-refractivity contribution in [1.82, 2.24) is 15.1 Å². The van der Waals surface area contributed by atoms with Crippen molar-refractivity contribution in [3.05, 3.63) is 29.8 Å². The summed E-state index contributed by atoms with van der Waals surface area (Å²) >= 11 is 1.47. The molecule has 1 saturated carbocycles. The van der Waals surface area contributed by atoms with Crippen LogP contribution in [-0.2, 0) is 4.79 Å². The number of carbonyl (C=O) groups is 2. The molecule has 1 aliphatic carbocycles. The van der Waals surface area contributed by atoms with Crippen molar-refractivity contribution in [3.63, 3.8) is 0 Å². The van der Waals surface area contributed by atoms with E-state index in [-0.39, 0.29) is 17.9 Å². The van der Waals surface area contributed by atoms with Gasteiger partial charge in [0.2, 0.25) is 5.91 Å². The van der Waals surface area contributed by atoms with Crippen molar-refractivity contribution in [2.24, 2.45) is 0 Å². The minimum absolute atomic E-state index is 0.0637. The maximum Gasteiger partial charge on any atom is 0.252 e. The lowest BCUT2D eigenvalue weighted by Gasteiger charge is -2.31. The van der Waals surface area contributed by atoms with E-state index in [9.17, 15) is 9.59 Å². The summed E-state index contributed by atoms with van der Waals surface area (Å²) < 4.78 is 0. The zero-order valence-corrected chi connectivity index (χ0v) is 20.0. The predicted molar refractivity (Wildman–Crippen MR) is 126 cm³/mol. The molecule has 1 aromatic carbocycles. The number of benzene rings is 1. The average molecular weight is 434 g/mol. The number of hydrogen-bond donors (Lipinski definition) is 1. The Morgan fingerprint density at radius 3 is 2.53 bits per heavy atom. The maximum atomic E-state index is 12.9. The molecule has 0 aliphatic heterocycles. The SMILES string of the molecule is CCCN(CC)C[C@@H](C)NC(=O)c1ccccc1SCC(=O)N(C)C1CCCCC1. The van der Waals surface area contributed by atoms with Gasteiger partial charge in [0.1, 0.15) is 0 Å². The van der Waals surface area contributed by atoms with Crippen LogP contribution in [0.2, 0.25) is 0 Å². The first-order chi connectivity index (χ1) is 14.5. The van der Waals surface area contributed by atoms with Crippen LogP contribution in [0.1, 0.15) is 69.7 Å². The molecule has 2 rings (SSSR count). The van der Waals surface area contributed by atoms with E-state index in [1.165, 1.54) is 31.0 Å². The molecule has 0 saturated heterocycles. The second kappa shape index (κ2) is 13.0. The summed E-state index contributed by atoms with van der Waals surface area (Å²) in [6.45, 7) is 9.24. The van der Waals surface area contributed by atoms with Gasteiger partial charge in [0, 0.05) is 30.6 Å². The van der Waals surface area contributed by atoms with Crippen molar-refractivity contribution >= 4 is 23.6 Å². The molecule has 2 amide bonds. The van der Waals surface area contributed by atoms with Gasteiger partial charge in [0.15, 0.2) is 0 Å². The molecule has 168 valence electrons. The molecule has 30 heavy (non-hydrogen) atoms. The van der Waals surface area contributed by atoms with Crippen LogP contribution in [0, 0.1) is 0 Å². The van der Waals surface area contributed by atoms with Gasteiger partial charge in [-0.25, -0.2) is 0 Å². The van der Waals surface area contributed by atoms with Crippen LogP contribution >= 0.6 is 11.8 Å². The third-order valence-corrected chi connectivity index (χ3v) is 6.95. The van der Waals surface area contributed by atoms with E-state index in [0.717, 1.165) is 43.8 Å². The monoisotopic (exact) mass is 433 g/mol. The molecule has 0 heterocycles. The molecule has 6 heteroatoms. The van der Waals surface area contributed by atoms with Gasteiger partial charge in [-0.2, -0.15) is 0 Å². The van der Waals surface area contributed by atoms with Crippen LogP contribution in [0.5, 0.6) is 0 Å². The Labute approximate surface area is 187 Å². The first kappa shape index (κ1) is 24.7. The highest BCUT2D eigenvalue weighted by molar-refractivity contribution is 8.00. The molecular weight excluding hydrogens is 394 g/mol. The highest BCUT2D eigenvalue weighted by Gasteiger charge is 2.23. The zero-order valence-electron chi connectivity index (χ0n) is 19.2. The van der Waals surface area contributed by atoms with Crippen molar-refractivity contribution in [1.29, 1.82) is 0 Å². The van der Waals surface area contributed by atoms with E-state index < -0.39 is 0 Å². The molecule has 0 radical (unpaired) electrons. The Bertz CT molecular complexity index is 676. The lowest BCUT2D eigenvalue weighted by molar-refractivity contribution is -0.129. The van der Waals surface area contributed by atoms with Gasteiger partial charge >= 0.3 is 0 Å². The summed E-state index contributed by atoms with van der Waals surface area (Å²) in [5.74, 6) is 0.451. The summed E-state index contributed by atoms with van der Waals surface area (Å²) in [7, 11) is 1.93. The average Bonchev–Trinajstić information content (AvgIpc) is 2.77. The van der Waals surface area contributed by atoms with Gasteiger partial charge in [-0.1, -0.05) is 45.2 Å². The van der Waals surface area contributed by atoms with Crippen LogP contribution in [0.4, 0.5) is 0 Å². The topological polar surface area (TPSA) is 52.7 Å². The lowest BCUT2D eigenvalue weighted by Crippen LogP contribution is -2.42. The van der Waals surface area contributed by atoms with Crippen molar-refractivity contribution in [2.75, 3.05) is 32.4 Å². The van der Waals surface area contributed by atoms with Crippen LogP contribution in [-0.4, -0.2) is 66.1 Å². The Balaban J connectivity index is 1.92. The molecular formula is C24H39N3O2S. The molecule has 1 atom stereocenters. The number of nitrogens with one attached hydrogen (secondary N) is 1. The highest BCUT2D eigenvalue weighted by atomic mass is 32.2. The largest absolute Gasteiger partial charge is 0.348 e. The minimum atomic E-state index is -0.0637. The van der Waals surface area contributed by atoms with Gasteiger partial charge in [-0.05, 0) is 51.4 Å². The van der Waals surface area contributed by atoms with Gasteiger partial charge in [0.25, 0.3) is 5.91 Å². The first-order valence-corrected chi connectivity index (χ1v) is 12.5. The smallest absolute Gasteiger partial charge is 0.252 e. The molecule has 5 nitrogen and oxygen atoms in total. The fourth-order valence-electron chi connectivity index (χ4n) is 4.12. The number of nitrogens with zero attached hydrogens (tertiary/aromatic N) is 2. The zero-order chi connectivity index (χ0) is 21.9. The summed E-state index contributed by atoms with van der Waals surface area (Å²) in [6, 6.07) is 8.04. The Kier molecular flexibility index (Phi) is 10.7. The van der Waals surface area contributed by atoms with E-state index in [4.69, 9.17) is 0 Å². The quantitative estimate of drug-likeness (QED) is 0.525. The minimum Gasteiger partial charge on any atom is -0.348 e. The van der Waals surface area contributed by atoms with Crippen LogP contribution < -0.4 is 5.32 Å². The summed E-state index contributed by atoms with van der Waals surface area (Å²) in [5, 5.41) is 3.13. The van der Waals surface area contributed by atoms with E-state index in [2.05, 4.69) is 31.0 Å². The third kappa shape index (κ3) is 7.62. The highest BCUT2D eigenvalue weighted by Crippen LogP contribution is 2.25.